The molecule has 25 heavy (non-hydrogen) atoms. The van der Waals surface area contributed by atoms with Crippen LogP contribution in [0.1, 0.15) is 24.5 Å². The van der Waals surface area contributed by atoms with Crippen LogP contribution in [-0.4, -0.2) is 56.1 Å². The van der Waals surface area contributed by atoms with Gasteiger partial charge in [0.25, 0.3) is 0 Å². The Morgan fingerprint density at radius 1 is 1.24 bits per heavy atom. The monoisotopic (exact) mass is 457 g/mol. The molecular formula is C19H32IN5. The standard InChI is InChI=1S/C19H31N5.HI/c1-5-20-19(21-10-6-12-24(3)4)22-11-9-16-14-23-18-13-15(2)7-8-17(16)18;/h7-8,13-14,23H,5-6,9-12H2,1-4H3,(H2,20,21,22);1H. The molecule has 2 aromatic rings. The largest absolute Gasteiger partial charge is 0.361 e. The summed E-state index contributed by atoms with van der Waals surface area (Å²) in [5, 5.41) is 8.06. The first kappa shape index (κ1) is 21.8. The lowest BCUT2D eigenvalue weighted by molar-refractivity contribution is 0.403. The summed E-state index contributed by atoms with van der Waals surface area (Å²) in [7, 11) is 4.19. The fourth-order valence-corrected chi connectivity index (χ4v) is 2.74. The average molecular weight is 457 g/mol. The van der Waals surface area contributed by atoms with E-state index in [9.17, 15) is 0 Å². The second-order valence-corrected chi connectivity index (χ2v) is 6.46. The topological polar surface area (TPSA) is 55.5 Å². The quantitative estimate of drug-likeness (QED) is 0.247. The van der Waals surface area contributed by atoms with E-state index in [2.05, 4.69) is 77.8 Å². The summed E-state index contributed by atoms with van der Waals surface area (Å²) in [4.78, 5) is 10.2. The lowest BCUT2D eigenvalue weighted by Gasteiger charge is -2.12. The van der Waals surface area contributed by atoms with Crippen molar-refractivity contribution in [2.75, 3.05) is 40.3 Å². The molecule has 1 aromatic heterocycles. The third-order valence-corrected chi connectivity index (χ3v) is 3.99. The van der Waals surface area contributed by atoms with Gasteiger partial charge in [-0.1, -0.05) is 12.1 Å². The Bertz CT molecular complexity index is 663. The van der Waals surface area contributed by atoms with Gasteiger partial charge in [-0.25, -0.2) is 0 Å². The number of aromatic amines is 1. The van der Waals surface area contributed by atoms with Crippen LogP contribution in [-0.2, 0) is 6.42 Å². The van der Waals surface area contributed by atoms with E-state index >= 15 is 0 Å². The first-order chi connectivity index (χ1) is 11.6. The molecule has 140 valence electrons. The highest BCUT2D eigenvalue weighted by Crippen LogP contribution is 2.19. The highest BCUT2D eigenvalue weighted by Gasteiger charge is 2.04. The molecule has 2 rings (SSSR count). The van der Waals surface area contributed by atoms with Gasteiger partial charge in [0.15, 0.2) is 5.96 Å². The summed E-state index contributed by atoms with van der Waals surface area (Å²) in [5.41, 5.74) is 3.85. The zero-order valence-electron chi connectivity index (χ0n) is 15.9. The van der Waals surface area contributed by atoms with Gasteiger partial charge in [-0.3, -0.25) is 4.99 Å². The zero-order chi connectivity index (χ0) is 17.4. The molecule has 0 spiro atoms. The third-order valence-electron chi connectivity index (χ3n) is 3.99. The van der Waals surface area contributed by atoms with Crippen LogP contribution in [0.2, 0.25) is 0 Å². The van der Waals surface area contributed by atoms with E-state index in [4.69, 9.17) is 0 Å². The number of hydrogen-bond acceptors (Lipinski definition) is 2. The number of rotatable bonds is 8. The molecule has 0 unspecified atom stereocenters. The fraction of sp³-hybridized carbons (Fsp3) is 0.526. The molecule has 0 bridgehead atoms. The van der Waals surface area contributed by atoms with Crippen molar-refractivity contribution >= 4 is 40.8 Å². The van der Waals surface area contributed by atoms with Crippen LogP contribution in [0, 0.1) is 6.92 Å². The lowest BCUT2D eigenvalue weighted by atomic mass is 10.1. The number of halogens is 1. The Hall–Kier alpha value is -1.28. The minimum atomic E-state index is 0. The van der Waals surface area contributed by atoms with Crippen LogP contribution in [0.25, 0.3) is 10.9 Å². The number of guanidine groups is 1. The highest BCUT2D eigenvalue weighted by molar-refractivity contribution is 14.0. The fourth-order valence-electron chi connectivity index (χ4n) is 2.74. The summed E-state index contributed by atoms with van der Waals surface area (Å²) in [6.07, 6.45) is 4.17. The Balaban J connectivity index is 0.00000312. The maximum atomic E-state index is 4.64. The Morgan fingerprint density at radius 2 is 2.04 bits per heavy atom. The third kappa shape index (κ3) is 7.23. The minimum Gasteiger partial charge on any atom is -0.361 e. The number of H-pyrrole nitrogens is 1. The van der Waals surface area contributed by atoms with Gasteiger partial charge in [0.05, 0.1) is 0 Å². The predicted octanol–water partition coefficient (Wildman–Crippen LogP) is 3.14. The molecular weight excluding hydrogens is 425 g/mol. The number of aromatic nitrogens is 1. The Kier molecular flexibility index (Phi) is 9.89. The van der Waals surface area contributed by atoms with E-state index in [1.165, 1.54) is 22.0 Å². The van der Waals surface area contributed by atoms with Crippen molar-refractivity contribution in [3.8, 4) is 0 Å². The van der Waals surface area contributed by atoms with Crippen LogP contribution in [0.3, 0.4) is 0 Å². The van der Waals surface area contributed by atoms with E-state index in [-0.39, 0.29) is 24.0 Å². The van der Waals surface area contributed by atoms with Crippen molar-refractivity contribution < 1.29 is 0 Å². The van der Waals surface area contributed by atoms with E-state index in [0.29, 0.717) is 0 Å². The maximum absolute atomic E-state index is 4.64. The van der Waals surface area contributed by atoms with E-state index in [0.717, 1.165) is 45.0 Å². The van der Waals surface area contributed by atoms with Crippen molar-refractivity contribution in [2.45, 2.75) is 26.7 Å². The van der Waals surface area contributed by atoms with Gasteiger partial charge in [0.1, 0.15) is 0 Å². The normalized spacial score (nSPS) is 11.6. The summed E-state index contributed by atoms with van der Waals surface area (Å²) >= 11 is 0. The van der Waals surface area contributed by atoms with Crippen molar-refractivity contribution in [1.29, 1.82) is 0 Å². The van der Waals surface area contributed by atoms with Gasteiger partial charge in [-0.15, -0.1) is 24.0 Å². The molecule has 0 amide bonds. The van der Waals surface area contributed by atoms with E-state index in [1.807, 2.05) is 0 Å². The molecule has 3 N–H and O–H groups in total. The van der Waals surface area contributed by atoms with E-state index < -0.39 is 0 Å². The smallest absolute Gasteiger partial charge is 0.191 e. The van der Waals surface area contributed by atoms with Gasteiger partial charge in [-0.2, -0.15) is 0 Å². The highest BCUT2D eigenvalue weighted by atomic mass is 127. The SMILES string of the molecule is CCNC(=NCCCN(C)C)NCCc1c[nH]c2cc(C)ccc12.I. The second-order valence-electron chi connectivity index (χ2n) is 6.46. The molecule has 0 saturated carbocycles. The number of aliphatic imine (C=N–C) groups is 1. The molecule has 0 saturated heterocycles. The second kappa shape index (κ2) is 11.4. The molecule has 0 aliphatic carbocycles. The molecule has 5 nitrogen and oxygen atoms in total. The molecule has 0 radical (unpaired) electrons. The average Bonchev–Trinajstić information content (AvgIpc) is 2.93. The van der Waals surface area contributed by atoms with Crippen molar-refractivity contribution in [3.63, 3.8) is 0 Å². The maximum Gasteiger partial charge on any atom is 0.191 e. The molecule has 1 aromatic carbocycles. The number of nitrogens with zero attached hydrogens (tertiary/aromatic N) is 2. The molecule has 6 heteroatoms. The van der Waals surface area contributed by atoms with Crippen LogP contribution < -0.4 is 10.6 Å². The zero-order valence-corrected chi connectivity index (χ0v) is 18.2. The van der Waals surface area contributed by atoms with Gasteiger partial charge >= 0.3 is 0 Å². The molecule has 0 aliphatic heterocycles. The summed E-state index contributed by atoms with van der Waals surface area (Å²) in [6.45, 7) is 7.89. The van der Waals surface area contributed by atoms with Crippen LogP contribution >= 0.6 is 24.0 Å². The van der Waals surface area contributed by atoms with Crippen molar-refractivity contribution in [1.82, 2.24) is 20.5 Å². The number of aryl methyl sites for hydroxylation is 1. The van der Waals surface area contributed by atoms with Crippen molar-refractivity contribution in [2.24, 2.45) is 4.99 Å². The molecule has 1 heterocycles. The van der Waals surface area contributed by atoms with Crippen molar-refractivity contribution in [3.05, 3.63) is 35.5 Å². The molecule has 0 aliphatic rings. The Labute approximate surface area is 168 Å². The summed E-state index contributed by atoms with van der Waals surface area (Å²) in [6, 6.07) is 6.57. The van der Waals surface area contributed by atoms with Crippen LogP contribution in [0.15, 0.2) is 29.4 Å². The molecule has 0 atom stereocenters. The van der Waals surface area contributed by atoms with Crippen LogP contribution in [0.4, 0.5) is 0 Å². The first-order valence-electron chi connectivity index (χ1n) is 8.83. The van der Waals surface area contributed by atoms with Gasteiger partial charge < -0.3 is 20.5 Å². The number of nitrogens with one attached hydrogen (secondary N) is 3. The number of benzene rings is 1. The van der Waals surface area contributed by atoms with E-state index in [1.54, 1.807) is 0 Å². The summed E-state index contributed by atoms with van der Waals surface area (Å²) in [5.74, 6) is 0.909. The molecule has 0 fully saturated rings. The number of fused-ring (bicyclic) bond motifs is 1. The predicted molar refractivity (Wildman–Crippen MR) is 119 cm³/mol. The Morgan fingerprint density at radius 3 is 2.76 bits per heavy atom. The first-order valence-corrected chi connectivity index (χ1v) is 8.83. The van der Waals surface area contributed by atoms with Gasteiger partial charge in [-0.05, 0) is 64.5 Å². The number of hydrogen-bond donors (Lipinski definition) is 3. The summed E-state index contributed by atoms with van der Waals surface area (Å²) < 4.78 is 0. The minimum absolute atomic E-state index is 0. The van der Waals surface area contributed by atoms with Crippen LogP contribution in [0.5, 0.6) is 0 Å². The van der Waals surface area contributed by atoms with Gasteiger partial charge in [0.2, 0.25) is 0 Å². The lowest BCUT2D eigenvalue weighted by Crippen LogP contribution is -2.38. The van der Waals surface area contributed by atoms with Gasteiger partial charge in [0, 0.05) is 36.7 Å².